The minimum Gasteiger partial charge on any atom is -0.467 e. The number of methoxy groups -OCH3 is 1. The van der Waals surface area contributed by atoms with Crippen molar-refractivity contribution in [1.29, 1.82) is 0 Å². The molecule has 0 saturated heterocycles. The number of nitrogens with one attached hydrogen (secondary N) is 4. The summed E-state index contributed by atoms with van der Waals surface area (Å²) in [5.74, 6) is -2.59. The summed E-state index contributed by atoms with van der Waals surface area (Å²) >= 11 is 0. The normalized spacial score (nSPS) is 13.2. The average Bonchev–Trinajstić information content (AvgIpc) is 2.85. The number of nitrogens with zero attached hydrogens (tertiary/aromatic N) is 1. The lowest BCUT2D eigenvalue weighted by Crippen LogP contribution is -2.54. The molecule has 14 nitrogen and oxygen atoms in total. The van der Waals surface area contributed by atoms with Crippen molar-refractivity contribution in [3.8, 4) is 0 Å². The van der Waals surface area contributed by atoms with Crippen molar-refractivity contribution in [2.75, 3.05) is 13.7 Å². The van der Waals surface area contributed by atoms with Gasteiger partial charge >= 0.3 is 12.1 Å². The number of carbonyl (C=O) groups is 5. The van der Waals surface area contributed by atoms with Crippen LogP contribution in [0.25, 0.3) is 0 Å². The zero-order valence-corrected chi connectivity index (χ0v) is 23.0. The van der Waals surface area contributed by atoms with Crippen LogP contribution in [0.3, 0.4) is 0 Å². The highest BCUT2D eigenvalue weighted by Gasteiger charge is 2.26. The molecule has 1 aromatic rings. The zero-order chi connectivity index (χ0) is 29.8. The number of ether oxygens (including phenoxy) is 2. The topological polar surface area (TPSA) is 195 Å². The molecule has 0 fully saturated rings. The molecule has 216 valence electrons. The van der Waals surface area contributed by atoms with E-state index in [2.05, 4.69) is 26.0 Å². The highest BCUT2D eigenvalue weighted by Crippen LogP contribution is 2.13. The number of non-ortho nitro benzene ring substituents is 1. The quantitative estimate of drug-likeness (QED) is 0.122. The number of benzene rings is 1. The van der Waals surface area contributed by atoms with E-state index in [0.717, 1.165) is 0 Å². The molecule has 0 unspecified atom stereocenters. The van der Waals surface area contributed by atoms with Gasteiger partial charge in [-0.25, -0.2) is 9.59 Å². The van der Waals surface area contributed by atoms with E-state index in [0.29, 0.717) is 12.8 Å². The van der Waals surface area contributed by atoms with Gasteiger partial charge in [-0.3, -0.25) is 24.5 Å². The number of hydrogen-bond donors (Lipinski definition) is 4. The summed E-state index contributed by atoms with van der Waals surface area (Å²) < 4.78 is 9.72. The number of amides is 4. The Hall–Kier alpha value is -4.23. The van der Waals surface area contributed by atoms with Crippen LogP contribution in [0.1, 0.15) is 64.2 Å². The third-order valence-corrected chi connectivity index (χ3v) is 5.22. The first-order chi connectivity index (χ1) is 18.1. The van der Waals surface area contributed by atoms with Crippen molar-refractivity contribution in [2.24, 2.45) is 0 Å². The fourth-order valence-corrected chi connectivity index (χ4v) is 3.18. The second kappa shape index (κ2) is 15.2. The lowest BCUT2D eigenvalue weighted by atomic mass is 10.1. The van der Waals surface area contributed by atoms with Crippen molar-refractivity contribution >= 4 is 35.5 Å². The first-order valence-electron chi connectivity index (χ1n) is 12.3. The van der Waals surface area contributed by atoms with E-state index in [1.807, 2.05) is 0 Å². The fourth-order valence-electron chi connectivity index (χ4n) is 3.18. The molecule has 0 aliphatic carbocycles. The Bertz CT molecular complexity index is 1040. The van der Waals surface area contributed by atoms with Crippen molar-refractivity contribution in [3.63, 3.8) is 0 Å². The molecule has 39 heavy (non-hydrogen) atoms. The molecule has 4 N–H and O–H groups in total. The van der Waals surface area contributed by atoms with Crippen LogP contribution in [-0.2, 0) is 23.9 Å². The molecular formula is C25H37N5O9. The lowest BCUT2D eigenvalue weighted by molar-refractivity contribution is -0.384. The number of unbranched alkanes of at least 4 members (excludes halogenated alkanes) is 1. The van der Waals surface area contributed by atoms with Gasteiger partial charge in [0.1, 0.15) is 23.7 Å². The van der Waals surface area contributed by atoms with Gasteiger partial charge in [-0.1, -0.05) is 0 Å². The maximum atomic E-state index is 13.0. The van der Waals surface area contributed by atoms with Gasteiger partial charge in [0.15, 0.2) is 0 Å². The Morgan fingerprint density at radius 1 is 0.923 bits per heavy atom. The van der Waals surface area contributed by atoms with Gasteiger partial charge in [0.25, 0.3) is 11.6 Å². The van der Waals surface area contributed by atoms with Crippen molar-refractivity contribution in [1.82, 2.24) is 21.3 Å². The highest BCUT2D eigenvalue weighted by molar-refractivity contribution is 5.98. The van der Waals surface area contributed by atoms with Crippen LogP contribution in [0.15, 0.2) is 24.3 Å². The molecule has 1 rings (SSSR count). The number of nitro groups is 1. The minimum absolute atomic E-state index is 0.0997. The van der Waals surface area contributed by atoms with Gasteiger partial charge in [0.2, 0.25) is 11.8 Å². The Kier molecular flexibility index (Phi) is 12.8. The van der Waals surface area contributed by atoms with Gasteiger partial charge < -0.3 is 30.7 Å². The number of hydrogen-bond acceptors (Lipinski definition) is 9. The Morgan fingerprint density at radius 2 is 1.51 bits per heavy atom. The van der Waals surface area contributed by atoms with Gasteiger partial charge in [0.05, 0.1) is 12.0 Å². The smallest absolute Gasteiger partial charge is 0.407 e. The summed E-state index contributed by atoms with van der Waals surface area (Å²) in [5.41, 5.74) is -0.741. The lowest BCUT2D eigenvalue weighted by Gasteiger charge is -2.22. The Balaban J connectivity index is 2.83. The SMILES string of the molecule is COC(=O)[C@H](C)NC(=O)[C@H](C)NC(=O)[C@H](CCCCNC(=O)OC(C)(C)C)NC(=O)c1ccc([N+](=O)[O-])cc1. The molecule has 14 heteroatoms. The summed E-state index contributed by atoms with van der Waals surface area (Å²) in [7, 11) is 1.18. The first-order valence-corrected chi connectivity index (χ1v) is 12.3. The molecule has 0 aromatic heterocycles. The van der Waals surface area contributed by atoms with Crippen LogP contribution in [0.5, 0.6) is 0 Å². The number of nitro benzene ring substituents is 1. The van der Waals surface area contributed by atoms with Gasteiger partial charge in [0, 0.05) is 24.2 Å². The molecule has 0 aliphatic heterocycles. The summed E-state index contributed by atoms with van der Waals surface area (Å²) in [6, 6.07) is 1.81. The fraction of sp³-hybridized carbons (Fsp3) is 0.560. The Labute approximate surface area is 226 Å². The van der Waals surface area contributed by atoms with Crippen LogP contribution in [-0.4, -0.2) is 72.1 Å². The molecule has 0 radical (unpaired) electrons. The van der Waals surface area contributed by atoms with Gasteiger partial charge in [-0.2, -0.15) is 0 Å². The van der Waals surface area contributed by atoms with E-state index < -0.39 is 58.4 Å². The summed E-state index contributed by atoms with van der Waals surface area (Å²) in [6.07, 6.45) is 0.453. The standard InChI is InChI=1S/C25H37N5O9/c1-15(20(31)28-16(2)23(34)38-6)27-22(33)19(9-7-8-14-26-24(35)39-25(3,4)5)29-21(32)17-10-12-18(13-11-17)30(36)37/h10-13,15-16,19H,7-9,14H2,1-6H3,(H,26,35)(H,27,33)(H,28,31)(H,29,32)/t15-,16-,19-/m0/s1. The van der Waals surface area contributed by atoms with Crippen molar-refractivity contribution < 1.29 is 38.4 Å². The van der Waals surface area contributed by atoms with Gasteiger partial charge in [-0.05, 0) is 66.0 Å². The molecular weight excluding hydrogens is 514 g/mol. The molecule has 3 atom stereocenters. The minimum atomic E-state index is -1.07. The van der Waals surface area contributed by atoms with E-state index in [1.165, 1.54) is 45.2 Å². The molecule has 0 bridgehead atoms. The first kappa shape index (κ1) is 32.8. The second-order valence-corrected chi connectivity index (χ2v) is 9.74. The summed E-state index contributed by atoms with van der Waals surface area (Å²) in [6.45, 7) is 8.32. The second-order valence-electron chi connectivity index (χ2n) is 9.74. The zero-order valence-electron chi connectivity index (χ0n) is 23.0. The van der Waals surface area contributed by atoms with E-state index >= 15 is 0 Å². The van der Waals surface area contributed by atoms with E-state index in [1.54, 1.807) is 20.8 Å². The maximum absolute atomic E-state index is 13.0. The van der Waals surface area contributed by atoms with E-state index in [9.17, 15) is 34.1 Å². The molecule has 0 spiro atoms. The number of carbonyl (C=O) groups excluding carboxylic acids is 5. The van der Waals surface area contributed by atoms with Crippen LogP contribution >= 0.6 is 0 Å². The molecule has 0 heterocycles. The van der Waals surface area contributed by atoms with Gasteiger partial charge in [-0.15, -0.1) is 0 Å². The largest absolute Gasteiger partial charge is 0.467 e. The van der Waals surface area contributed by atoms with Crippen LogP contribution in [0.4, 0.5) is 10.5 Å². The summed E-state index contributed by atoms with van der Waals surface area (Å²) in [5, 5.41) is 21.0. The predicted octanol–water partition coefficient (Wildman–Crippen LogP) is 1.57. The third kappa shape index (κ3) is 12.2. The van der Waals surface area contributed by atoms with Crippen molar-refractivity contribution in [3.05, 3.63) is 39.9 Å². The molecule has 0 saturated carbocycles. The van der Waals surface area contributed by atoms with E-state index in [-0.39, 0.29) is 24.2 Å². The van der Waals surface area contributed by atoms with Crippen molar-refractivity contribution in [2.45, 2.75) is 77.6 Å². The third-order valence-electron chi connectivity index (χ3n) is 5.22. The predicted molar refractivity (Wildman–Crippen MR) is 140 cm³/mol. The number of rotatable bonds is 13. The van der Waals surface area contributed by atoms with Crippen LogP contribution in [0.2, 0.25) is 0 Å². The number of esters is 1. The maximum Gasteiger partial charge on any atom is 0.407 e. The van der Waals surface area contributed by atoms with Crippen LogP contribution < -0.4 is 21.3 Å². The Morgan fingerprint density at radius 3 is 2.05 bits per heavy atom. The van der Waals surface area contributed by atoms with Crippen LogP contribution in [0, 0.1) is 10.1 Å². The average molecular weight is 552 g/mol. The molecule has 0 aliphatic rings. The molecule has 4 amide bonds. The highest BCUT2D eigenvalue weighted by atomic mass is 16.6. The monoisotopic (exact) mass is 551 g/mol. The summed E-state index contributed by atoms with van der Waals surface area (Å²) in [4.78, 5) is 71.8. The number of alkyl carbamates (subject to hydrolysis) is 1. The molecule has 1 aromatic carbocycles. The van der Waals surface area contributed by atoms with E-state index in [4.69, 9.17) is 4.74 Å².